The number of hydrogen-bond acceptors (Lipinski definition) is 4. The molecule has 0 aromatic heterocycles. The summed E-state index contributed by atoms with van der Waals surface area (Å²) in [5.74, 6) is -9.17. The molecular weight excluding hydrogens is 290 g/mol. The molecular formula is C19H27NO3. The monoisotopic (exact) mass is 332 g/mol. The van der Waals surface area contributed by atoms with Gasteiger partial charge in [0.25, 0.3) is 0 Å². The highest BCUT2D eigenvalue weighted by Crippen LogP contribution is 2.42. The maximum absolute atomic E-state index is 13.6. The average Bonchev–Trinajstić information content (AvgIpc) is 2.73. The number of carbonyl (C=O) groups excluding carboxylic acids is 1. The molecule has 1 aromatic carbocycles. The maximum Gasteiger partial charge on any atom is 0.161 e. The summed E-state index contributed by atoms with van der Waals surface area (Å²) in [6.07, 6.45) is -6.80. The molecule has 0 bridgehead atoms. The van der Waals surface area contributed by atoms with Gasteiger partial charge in [0, 0.05) is 47.8 Å². The summed E-state index contributed by atoms with van der Waals surface area (Å²) in [4.78, 5) is 14.8. The Bertz CT molecular complexity index is 1100. The van der Waals surface area contributed by atoms with Crippen molar-refractivity contribution in [3.8, 4) is 11.5 Å². The van der Waals surface area contributed by atoms with Gasteiger partial charge < -0.3 is 9.47 Å². The Kier molecular flexibility index (Phi) is 1.72. The lowest BCUT2D eigenvalue weighted by molar-refractivity contribution is -0.129. The molecule has 2 aliphatic heterocycles. The van der Waals surface area contributed by atoms with E-state index < -0.39 is 63.6 Å². The first kappa shape index (κ1) is 6.07. The van der Waals surface area contributed by atoms with E-state index in [1.165, 1.54) is 24.1 Å². The van der Waals surface area contributed by atoms with E-state index in [1.807, 2.05) is 0 Å². The molecule has 4 heteroatoms. The third-order valence-corrected chi connectivity index (χ3v) is 4.04. The predicted molar refractivity (Wildman–Crippen MR) is 90.1 cm³/mol. The Balaban J connectivity index is 2.17. The van der Waals surface area contributed by atoms with Crippen LogP contribution in [0.4, 0.5) is 0 Å². The molecule has 2 unspecified atom stereocenters. The van der Waals surface area contributed by atoms with Crippen LogP contribution in [0.15, 0.2) is 12.1 Å². The molecule has 2 aliphatic rings. The first-order valence-electron chi connectivity index (χ1n) is 14.6. The smallest absolute Gasteiger partial charge is 0.161 e. The summed E-state index contributed by atoms with van der Waals surface area (Å²) in [6.45, 7) is -8.58. The van der Waals surface area contributed by atoms with Crippen LogP contribution in [0.1, 0.15) is 64.2 Å². The number of ketones is 1. The lowest BCUT2D eigenvalue weighted by Crippen LogP contribution is -2.46. The van der Waals surface area contributed by atoms with Gasteiger partial charge in [-0.25, -0.2) is 0 Å². The summed E-state index contributed by atoms with van der Waals surface area (Å²) < 4.78 is 129. The van der Waals surface area contributed by atoms with E-state index in [9.17, 15) is 4.79 Å². The number of methoxy groups -OCH3 is 2. The second kappa shape index (κ2) is 6.52. The molecule has 126 valence electrons. The fourth-order valence-corrected chi connectivity index (χ4v) is 2.99. The Morgan fingerprint density at radius 3 is 3.09 bits per heavy atom. The number of nitrogens with zero attached hydrogens (tertiary/aromatic N) is 1. The van der Waals surface area contributed by atoms with Crippen LogP contribution >= 0.6 is 0 Å². The van der Waals surface area contributed by atoms with Crippen molar-refractivity contribution in [1.29, 1.82) is 0 Å². The third-order valence-electron chi connectivity index (χ3n) is 4.04. The van der Waals surface area contributed by atoms with E-state index in [1.54, 1.807) is 0 Å². The van der Waals surface area contributed by atoms with Gasteiger partial charge in [0.15, 0.2) is 11.5 Å². The lowest BCUT2D eigenvalue weighted by atomic mass is 9.80. The molecule has 1 saturated heterocycles. The quantitative estimate of drug-likeness (QED) is 0.848. The second-order valence-electron chi connectivity index (χ2n) is 5.38. The van der Waals surface area contributed by atoms with E-state index in [-0.39, 0.29) is 30.0 Å². The molecule has 0 amide bonds. The molecule has 0 N–H and O–H groups in total. The van der Waals surface area contributed by atoms with Crippen molar-refractivity contribution in [3.05, 3.63) is 23.3 Å². The summed E-state index contributed by atoms with van der Waals surface area (Å²) in [5, 5.41) is 0. The van der Waals surface area contributed by atoms with Gasteiger partial charge in [0.05, 0.1) is 18.3 Å². The first-order valence-corrected chi connectivity index (χ1v) is 7.05. The van der Waals surface area contributed by atoms with E-state index in [0.29, 0.717) is 5.56 Å². The van der Waals surface area contributed by atoms with Gasteiger partial charge in [-0.2, -0.15) is 0 Å². The van der Waals surface area contributed by atoms with Crippen LogP contribution in [0.5, 0.6) is 11.5 Å². The van der Waals surface area contributed by atoms with Gasteiger partial charge >= 0.3 is 0 Å². The number of Topliss-reactive ketones (excluding diaryl/α,β-unsaturated/α-hetero) is 1. The zero-order valence-electron chi connectivity index (χ0n) is 27.5. The van der Waals surface area contributed by atoms with Crippen LogP contribution in [0, 0.1) is 11.8 Å². The van der Waals surface area contributed by atoms with E-state index >= 15 is 0 Å². The highest BCUT2D eigenvalue weighted by molar-refractivity contribution is 5.83. The maximum atomic E-state index is 13.6. The summed E-state index contributed by atoms with van der Waals surface area (Å²) in [5.41, 5.74) is 0.582. The van der Waals surface area contributed by atoms with E-state index in [2.05, 4.69) is 0 Å². The molecule has 1 aromatic rings. The van der Waals surface area contributed by atoms with Crippen molar-refractivity contribution in [3.63, 3.8) is 0 Å². The van der Waals surface area contributed by atoms with Crippen LogP contribution in [0.2, 0.25) is 0 Å². The number of benzene rings is 1. The Morgan fingerprint density at radius 2 is 2.35 bits per heavy atom. The molecule has 2 atom stereocenters. The molecule has 1 fully saturated rings. The largest absolute Gasteiger partial charge is 0.493 e. The minimum absolute atomic E-state index is 0.0762. The normalized spacial score (nSPS) is 42.0. The van der Waals surface area contributed by atoms with Gasteiger partial charge in [-0.3, -0.25) is 9.69 Å². The molecule has 0 spiro atoms. The number of ether oxygens (including phenoxy) is 2. The SMILES string of the molecule is [2H]C([2H])([2H])Oc1cc2c(cc1OC)C1N(CC2)CC([2H])(C([2H])([2H])C([2H])(C([2H])([2H])[2H])C([2H])([2H])[2H])C(=O)C1([2H])[2H]. The van der Waals surface area contributed by atoms with Gasteiger partial charge in [-0.15, -0.1) is 0 Å². The van der Waals surface area contributed by atoms with Crippen LogP contribution in [0.25, 0.3) is 0 Å². The minimum atomic E-state index is -3.94. The number of fused-ring (bicyclic) bond motifs is 3. The second-order valence-corrected chi connectivity index (χ2v) is 5.38. The standard InChI is InChI=1S/C19H27NO3/c1-12(2)7-14-11-20-6-5-13-8-18(22-3)19(23-4)9-15(13)16(20)10-17(14)21/h8-9,12,14,16H,5-7,10-11H2,1-4H3/i1D3,2D3,3D3,7D2,10D2,12D,14D. The first-order chi connectivity index (χ1) is 16.9. The van der Waals surface area contributed by atoms with Gasteiger partial charge in [-0.05, 0) is 41.9 Å². The topological polar surface area (TPSA) is 38.8 Å². The van der Waals surface area contributed by atoms with Gasteiger partial charge in [-0.1, -0.05) is 13.7 Å². The molecule has 0 saturated carbocycles. The van der Waals surface area contributed by atoms with Crippen LogP contribution < -0.4 is 9.47 Å². The third kappa shape index (κ3) is 3.09. The molecule has 0 radical (unpaired) electrons. The van der Waals surface area contributed by atoms with Crippen molar-refractivity contribution in [1.82, 2.24) is 4.90 Å². The van der Waals surface area contributed by atoms with Crippen LogP contribution in [-0.4, -0.2) is 37.9 Å². The fourth-order valence-electron chi connectivity index (χ4n) is 2.99. The summed E-state index contributed by atoms with van der Waals surface area (Å²) >= 11 is 0. The van der Waals surface area contributed by atoms with Gasteiger partial charge in [0.1, 0.15) is 5.78 Å². The zero-order valence-corrected chi connectivity index (χ0v) is 12.5. The van der Waals surface area contributed by atoms with Crippen molar-refractivity contribution in [2.75, 3.05) is 27.2 Å². The van der Waals surface area contributed by atoms with E-state index in [0.717, 1.165) is 0 Å². The lowest BCUT2D eigenvalue weighted by Gasteiger charge is -2.43. The molecule has 4 nitrogen and oxygen atoms in total. The van der Waals surface area contributed by atoms with Gasteiger partial charge in [0.2, 0.25) is 0 Å². The highest BCUT2D eigenvalue weighted by Gasteiger charge is 2.38. The average molecular weight is 333 g/mol. The zero-order chi connectivity index (χ0) is 29.5. The molecule has 0 aliphatic carbocycles. The number of piperidine rings is 1. The number of carbonyl (C=O) groups is 1. The molecule has 23 heavy (non-hydrogen) atoms. The van der Waals surface area contributed by atoms with Crippen molar-refractivity contribution in [2.45, 2.75) is 38.9 Å². The molecule has 3 rings (SSSR count). The fraction of sp³-hybridized carbons (Fsp3) is 0.632. The number of rotatable bonds is 4. The van der Waals surface area contributed by atoms with Crippen molar-refractivity contribution in [2.24, 2.45) is 11.8 Å². The number of hydrogen-bond donors (Lipinski definition) is 0. The Morgan fingerprint density at radius 1 is 1.52 bits per heavy atom. The minimum Gasteiger partial charge on any atom is -0.493 e. The summed E-state index contributed by atoms with van der Waals surface area (Å²) in [7, 11) is -1.60. The van der Waals surface area contributed by atoms with Crippen LogP contribution in [-0.2, 0) is 11.2 Å². The van der Waals surface area contributed by atoms with Crippen molar-refractivity contribution >= 4 is 5.78 Å². The Hall–Kier alpha value is -1.55. The van der Waals surface area contributed by atoms with Crippen LogP contribution in [0.3, 0.4) is 0 Å². The Labute approximate surface area is 159 Å². The van der Waals surface area contributed by atoms with E-state index in [4.69, 9.17) is 30.0 Å². The highest BCUT2D eigenvalue weighted by atomic mass is 16.5. The van der Waals surface area contributed by atoms with Crippen molar-refractivity contribution < 1.29 is 34.8 Å². The molecule has 2 heterocycles. The predicted octanol–water partition coefficient (Wildman–Crippen LogP) is 3.24. The summed E-state index contributed by atoms with van der Waals surface area (Å²) in [6, 6.07) is 1.19.